The molecule has 0 spiro atoms. The highest BCUT2D eigenvalue weighted by molar-refractivity contribution is 5.97. The van der Waals surface area contributed by atoms with Crippen LogP contribution in [0.15, 0.2) is 30.5 Å². The van der Waals surface area contributed by atoms with Crippen LogP contribution in [0.4, 0.5) is 17.5 Å². The van der Waals surface area contributed by atoms with Crippen LogP contribution in [0, 0.1) is 0 Å². The smallest absolute Gasteiger partial charge is 0.254 e. The number of anilines is 3. The minimum atomic E-state index is 0.129. The van der Waals surface area contributed by atoms with Crippen molar-refractivity contribution in [3.8, 4) is 0 Å². The highest BCUT2D eigenvalue weighted by Gasteiger charge is 2.25. The van der Waals surface area contributed by atoms with Crippen LogP contribution in [-0.4, -0.2) is 65.4 Å². The molecule has 7 heteroatoms. The normalized spacial score (nSPS) is 17.1. The Kier molecular flexibility index (Phi) is 5.20. The first kappa shape index (κ1) is 17.7. The summed E-state index contributed by atoms with van der Waals surface area (Å²) in [4.78, 5) is 26.0. The van der Waals surface area contributed by atoms with Gasteiger partial charge in [0, 0.05) is 44.1 Å². The minimum absolute atomic E-state index is 0.129. The average molecular weight is 366 g/mol. The lowest BCUT2D eigenvalue weighted by Gasteiger charge is -2.30. The number of carbonyl (C=O) groups is 1. The zero-order chi connectivity index (χ0) is 18.6. The molecule has 1 fully saturated rings. The van der Waals surface area contributed by atoms with E-state index in [1.165, 1.54) is 25.9 Å². The maximum absolute atomic E-state index is 13.0. The number of likely N-dealkylation sites (tertiary alicyclic amines) is 1. The van der Waals surface area contributed by atoms with Crippen LogP contribution in [0.5, 0.6) is 0 Å². The first-order valence-electron chi connectivity index (χ1n) is 9.65. The Hall–Kier alpha value is -2.67. The summed E-state index contributed by atoms with van der Waals surface area (Å²) in [6, 6.07) is 7.76. The largest absolute Gasteiger partial charge is 0.373 e. The minimum Gasteiger partial charge on any atom is -0.373 e. The van der Waals surface area contributed by atoms with Crippen molar-refractivity contribution in [1.82, 2.24) is 19.8 Å². The van der Waals surface area contributed by atoms with Crippen LogP contribution >= 0.6 is 0 Å². The van der Waals surface area contributed by atoms with Gasteiger partial charge < -0.3 is 20.4 Å². The van der Waals surface area contributed by atoms with E-state index in [1.54, 1.807) is 12.3 Å². The summed E-state index contributed by atoms with van der Waals surface area (Å²) >= 11 is 0. The average Bonchev–Trinajstić information content (AvgIpc) is 3.22. The molecule has 7 nitrogen and oxygen atoms in total. The van der Waals surface area contributed by atoms with Crippen molar-refractivity contribution in [1.29, 1.82) is 0 Å². The first-order valence-corrected chi connectivity index (χ1v) is 9.65. The standard InChI is InChI=1S/C20H26N6O/c1-21-18-6-8-22-20(24-18)23-16-5-4-15-7-11-26(19(27)17(15)14-16)13-12-25-9-2-3-10-25/h4-6,8,14H,2-3,7,9-13H2,1H3,(H2,21,22,23,24). The lowest BCUT2D eigenvalue weighted by atomic mass is 9.98. The van der Waals surface area contributed by atoms with Gasteiger partial charge in [0.1, 0.15) is 5.82 Å². The molecule has 1 aromatic heterocycles. The van der Waals surface area contributed by atoms with Crippen LogP contribution < -0.4 is 10.6 Å². The van der Waals surface area contributed by atoms with Crippen LogP contribution in [-0.2, 0) is 6.42 Å². The highest BCUT2D eigenvalue weighted by Crippen LogP contribution is 2.24. The Balaban J connectivity index is 1.46. The Morgan fingerprint density at radius 2 is 1.96 bits per heavy atom. The number of aromatic nitrogens is 2. The maximum Gasteiger partial charge on any atom is 0.254 e. The van der Waals surface area contributed by atoms with Gasteiger partial charge in [-0.25, -0.2) is 4.98 Å². The van der Waals surface area contributed by atoms with E-state index in [9.17, 15) is 4.79 Å². The molecule has 0 radical (unpaired) electrons. The van der Waals surface area contributed by atoms with E-state index < -0.39 is 0 Å². The summed E-state index contributed by atoms with van der Waals surface area (Å²) in [7, 11) is 1.82. The molecule has 0 saturated carbocycles. The van der Waals surface area contributed by atoms with E-state index in [0.29, 0.717) is 5.95 Å². The zero-order valence-electron chi connectivity index (χ0n) is 15.7. The Labute approximate surface area is 159 Å². The molecule has 0 bridgehead atoms. The number of hydrogen-bond acceptors (Lipinski definition) is 6. The van der Waals surface area contributed by atoms with Gasteiger partial charge in [-0.2, -0.15) is 4.98 Å². The molecule has 1 aromatic carbocycles. The third-order valence-corrected chi connectivity index (χ3v) is 5.33. The molecule has 0 atom stereocenters. The van der Waals surface area contributed by atoms with Gasteiger partial charge in [0.05, 0.1) is 0 Å². The highest BCUT2D eigenvalue weighted by atomic mass is 16.2. The van der Waals surface area contributed by atoms with Crippen LogP contribution in [0.3, 0.4) is 0 Å². The maximum atomic E-state index is 13.0. The van der Waals surface area contributed by atoms with Crippen molar-refractivity contribution in [3.05, 3.63) is 41.6 Å². The SMILES string of the molecule is CNc1ccnc(Nc2ccc3c(c2)C(=O)N(CCN2CCCC2)CC3)n1. The van der Waals surface area contributed by atoms with Crippen molar-refractivity contribution in [2.75, 3.05) is 50.4 Å². The molecule has 2 aromatic rings. The summed E-state index contributed by atoms with van der Waals surface area (Å²) in [6.07, 6.45) is 5.17. The van der Waals surface area contributed by atoms with Crippen LogP contribution in [0.2, 0.25) is 0 Å². The molecule has 142 valence electrons. The van der Waals surface area contributed by atoms with E-state index in [0.717, 1.165) is 48.7 Å². The van der Waals surface area contributed by atoms with Crippen LogP contribution in [0.25, 0.3) is 0 Å². The van der Waals surface area contributed by atoms with Gasteiger partial charge in [0.25, 0.3) is 5.91 Å². The molecule has 0 aliphatic carbocycles. The lowest BCUT2D eigenvalue weighted by Crippen LogP contribution is -2.42. The van der Waals surface area contributed by atoms with Gasteiger partial charge in [-0.05, 0) is 56.1 Å². The number of rotatable bonds is 6. The van der Waals surface area contributed by atoms with Gasteiger partial charge in [-0.1, -0.05) is 6.07 Å². The van der Waals surface area contributed by atoms with Gasteiger partial charge in [0.15, 0.2) is 0 Å². The third kappa shape index (κ3) is 4.03. The second-order valence-corrected chi connectivity index (χ2v) is 7.10. The number of benzene rings is 1. The second kappa shape index (κ2) is 7.92. The summed E-state index contributed by atoms with van der Waals surface area (Å²) in [5.74, 6) is 1.38. The zero-order valence-corrected chi connectivity index (χ0v) is 15.7. The molecule has 0 unspecified atom stereocenters. The molecule has 4 rings (SSSR count). The first-order chi connectivity index (χ1) is 13.2. The number of fused-ring (bicyclic) bond motifs is 1. The lowest BCUT2D eigenvalue weighted by molar-refractivity contribution is 0.0724. The summed E-state index contributed by atoms with van der Waals surface area (Å²) in [6.45, 7) is 4.92. The number of hydrogen-bond donors (Lipinski definition) is 2. The topological polar surface area (TPSA) is 73.4 Å². The van der Waals surface area contributed by atoms with E-state index in [4.69, 9.17) is 0 Å². The molecule has 2 N–H and O–H groups in total. The summed E-state index contributed by atoms with van der Waals surface area (Å²) in [5.41, 5.74) is 2.74. The van der Waals surface area contributed by atoms with Crippen molar-refractivity contribution < 1.29 is 4.79 Å². The van der Waals surface area contributed by atoms with Crippen LogP contribution in [0.1, 0.15) is 28.8 Å². The number of amides is 1. The van der Waals surface area contributed by atoms with E-state index in [2.05, 4.69) is 25.5 Å². The fraction of sp³-hybridized carbons (Fsp3) is 0.450. The fourth-order valence-corrected chi connectivity index (χ4v) is 3.77. The van der Waals surface area contributed by atoms with Gasteiger partial charge in [-0.3, -0.25) is 4.79 Å². The molecule has 2 aliphatic heterocycles. The molecule has 2 aliphatic rings. The fourth-order valence-electron chi connectivity index (χ4n) is 3.77. The predicted octanol–water partition coefficient (Wildman–Crippen LogP) is 2.36. The molecule has 3 heterocycles. The van der Waals surface area contributed by atoms with E-state index in [-0.39, 0.29) is 5.91 Å². The quantitative estimate of drug-likeness (QED) is 0.818. The van der Waals surface area contributed by atoms with Crippen molar-refractivity contribution in [2.45, 2.75) is 19.3 Å². The Bertz CT molecular complexity index is 818. The van der Waals surface area contributed by atoms with Gasteiger partial charge in [-0.15, -0.1) is 0 Å². The van der Waals surface area contributed by atoms with Crippen molar-refractivity contribution >= 4 is 23.4 Å². The van der Waals surface area contributed by atoms with Crippen molar-refractivity contribution in [3.63, 3.8) is 0 Å². The van der Waals surface area contributed by atoms with Gasteiger partial charge >= 0.3 is 0 Å². The van der Waals surface area contributed by atoms with Gasteiger partial charge in [0.2, 0.25) is 5.95 Å². The summed E-state index contributed by atoms with van der Waals surface area (Å²) in [5, 5.41) is 6.20. The molecular weight excluding hydrogens is 340 g/mol. The number of nitrogens with one attached hydrogen (secondary N) is 2. The third-order valence-electron chi connectivity index (χ3n) is 5.33. The second-order valence-electron chi connectivity index (χ2n) is 7.10. The molecule has 27 heavy (non-hydrogen) atoms. The van der Waals surface area contributed by atoms with E-state index >= 15 is 0 Å². The molecule has 1 amide bonds. The molecule has 1 saturated heterocycles. The van der Waals surface area contributed by atoms with Crippen molar-refractivity contribution in [2.24, 2.45) is 0 Å². The van der Waals surface area contributed by atoms with E-state index in [1.807, 2.05) is 30.1 Å². The molecular formula is C20H26N6O. The predicted molar refractivity (Wildman–Crippen MR) is 107 cm³/mol. The Morgan fingerprint density at radius 1 is 1.11 bits per heavy atom. The number of carbonyl (C=O) groups excluding carboxylic acids is 1. The summed E-state index contributed by atoms with van der Waals surface area (Å²) < 4.78 is 0. The monoisotopic (exact) mass is 366 g/mol. The Morgan fingerprint density at radius 3 is 2.78 bits per heavy atom. The number of nitrogens with zero attached hydrogens (tertiary/aromatic N) is 4.